The number of aromatic nitrogens is 3. The first-order chi connectivity index (χ1) is 30.7. The van der Waals surface area contributed by atoms with Gasteiger partial charge in [-0.3, -0.25) is 4.98 Å². The number of pyridine rings is 1. The highest BCUT2D eigenvalue weighted by atomic mass is 14.9. The fourth-order valence-corrected chi connectivity index (χ4v) is 9.59. The molecule has 3 heteroatoms. The Kier molecular flexibility index (Phi) is 9.28. The first kappa shape index (κ1) is 37.0. The third-order valence-corrected chi connectivity index (χ3v) is 12.4. The number of aryl methyl sites for hydroxylation is 1. The second-order valence-electron chi connectivity index (χ2n) is 16.0. The molecule has 0 unspecified atom stereocenters. The number of benzene rings is 8. The molecule has 0 radical (unpaired) electrons. The Morgan fingerprint density at radius 2 is 0.806 bits per heavy atom. The maximum absolute atomic E-state index is 5.42. The zero-order chi connectivity index (χ0) is 41.5. The summed E-state index contributed by atoms with van der Waals surface area (Å²) in [6.45, 7) is 2.13. The smallest absolute Gasteiger partial charge is 0.161 e. The molecule has 3 nitrogen and oxygen atoms in total. The molecule has 0 aliphatic heterocycles. The molecule has 62 heavy (non-hydrogen) atoms. The zero-order valence-corrected chi connectivity index (χ0v) is 34.3. The SMILES string of the molecule is Cc1cnccc1-c1ccccc1-c1ccc2c(c1)-c1cc(-c3cc(-c4ccccc4)nc(-c4ccccc4-c4ccccc4)n3)ccc1C2(c1ccccc1)c1ccccc1. The van der Waals surface area contributed by atoms with Crippen LogP contribution in [-0.4, -0.2) is 15.0 Å². The first-order valence-electron chi connectivity index (χ1n) is 21.2. The van der Waals surface area contributed by atoms with Crippen LogP contribution in [0.3, 0.4) is 0 Å². The minimum Gasteiger partial charge on any atom is -0.264 e. The van der Waals surface area contributed by atoms with Crippen LogP contribution in [0.15, 0.2) is 231 Å². The molecule has 292 valence electrons. The van der Waals surface area contributed by atoms with E-state index in [0.29, 0.717) is 5.82 Å². The summed E-state index contributed by atoms with van der Waals surface area (Å²) >= 11 is 0. The van der Waals surface area contributed by atoms with E-state index in [1.54, 1.807) is 0 Å². The van der Waals surface area contributed by atoms with Gasteiger partial charge in [0.15, 0.2) is 5.82 Å². The second-order valence-corrected chi connectivity index (χ2v) is 16.0. The molecule has 1 aliphatic carbocycles. The summed E-state index contributed by atoms with van der Waals surface area (Å²) in [7, 11) is 0. The molecule has 10 aromatic rings. The highest BCUT2D eigenvalue weighted by molar-refractivity contribution is 5.93. The van der Waals surface area contributed by atoms with Gasteiger partial charge in [-0.2, -0.15) is 0 Å². The van der Waals surface area contributed by atoms with Crippen LogP contribution >= 0.6 is 0 Å². The normalized spacial score (nSPS) is 12.4. The molecular weight excluding hydrogens is 751 g/mol. The van der Waals surface area contributed by atoms with E-state index >= 15 is 0 Å². The highest BCUT2D eigenvalue weighted by Crippen LogP contribution is 2.57. The van der Waals surface area contributed by atoms with Gasteiger partial charge in [-0.05, 0) is 104 Å². The molecule has 2 heterocycles. The third-order valence-electron chi connectivity index (χ3n) is 12.4. The zero-order valence-electron chi connectivity index (χ0n) is 34.3. The van der Waals surface area contributed by atoms with Gasteiger partial charge < -0.3 is 0 Å². The molecular formula is C59H41N3. The predicted molar refractivity (Wildman–Crippen MR) is 254 cm³/mol. The summed E-state index contributed by atoms with van der Waals surface area (Å²) in [6.07, 6.45) is 3.83. The van der Waals surface area contributed by atoms with Crippen molar-refractivity contribution >= 4 is 0 Å². The lowest BCUT2D eigenvalue weighted by atomic mass is 9.67. The van der Waals surface area contributed by atoms with E-state index < -0.39 is 5.41 Å². The van der Waals surface area contributed by atoms with E-state index in [0.717, 1.165) is 50.3 Å². The van der Waals surface area contributed by atoms with Crippen molar-refractivity contribution in [1.82, 2.24) is 15.0 Å². The van der Waals surface area contributed by atoms with Crippen molar-refractivity contribution in [3.05, 3.63) is 259 Å². The summed E-state index contributed by atoms with van der Waals surface area (Å²) in [5.74, 6) is 0.690. The number of nitrogens with zero attached hydrogens (tertiary/aromatic N) is 3. The molecule has 0 spiro atoms. The molecule has 1 aliphatic rings. The van der Waals surface area contributed by atoms with Crippen molar-refractivity contribution in [2.75, 3.05) is 0 Å². The topological polar surface area (TPSA) is 38.7 Å². The van der Waals surface area contributed by atoms with Gasteiger partial charge in [0.1, 0.15) is 0 Å². The van der Waals surface area contributed by atoms with Gasteiger partial charge >= 0.3 is 0 Å². The Balaban J connectivity index is 1.16. The second kappa shape index (κ2) is 15.5. The third kappa shape index (κ3) is 6.26. The standard InChI is InChI=1S/C59H41N3/c1-40-39-60-35-34-47(40)50-28-16-14-27-49(50)43-30-32-54-52(36-43)53-37-44(31-33-55(53)59(54,45-22-10-4-11-23-45)46-24-12-5-13-25-46)57-38-56(42-20-8-3-9-21-42)61-58(62-57)51-29-17-15-26-48(51)41-18-6-2-7-19-41/h2-39H,1H3. The van der Waals surface area contributed by atoms with Crippen LogP contribution in [-0.2, 0) is 5.41 Å². The van der Waals surface area contributed by atoms with Crippen molar-refractivity contribution in [1.29, 1.82) is 0 Å². The van der Waals surface area contributed by atoms with E-state index in [2.05, 4.69) is 224 Å². The van der Waals surface area contributed by atoms with E-state index in [1.165, 1.54) is 50.1 Å². The molecule has 0 N–H and O–H groups in total. The van der Waals surface area contributed by atoms with Crippen molar-refractivity contribution < 1.29 is 0 Å². The van der Waals surface area contributed by atoms with Gasteiger partial charge in [-0.15, -0.1) is 0 Å². The number of hydrogen-bond acceptors (Lipinski definition) is 3. The Morgan fingerprint density at radius 3 is 1.40 bits per heavy atom. The van der Waals surface area contributed by atoms with Crippen molar-refractivity contribution in [3.63, 3.8) is 0 Å². The fourth-order valence-electron chi connectivity index (χ4n) is 9.59. The fraction of sp³-hybridized carbons (Fsp3) is 0.0339. The van der Waals surface area contributed by atoms with Gasteiger partial charge in [-0.1, -0.05) is 194 Å². The average Bonchev–Trinajstić information content (AvgIpc) is 3.65. The summed E-state index contributed by atoms with van der Waals surface area (Å²) in [4.78, 5) is 15.1. The number of rotatable bonds is 8. The maximum atomic E-state index is 5.42. The molecule has 0 saturated carbocycles. The minimum atomic E-state index is -0.549. The molecule has 0 bridgehead atoms. The van der Waals surface area contributed by atoms with E-state index in [-0.39, 0.29) is 0 Å². The van der Waals surface area contributed by atoms with Crippen LogP contribution in [0.2, 0.25) is 0 Å². The maximum Gasteiger partial charge on any atom is 0.161 e. The number of fused-ring (bicyclic) bond motifs is 3. The van der Waals surface area contributed by atoms with E-state index in [4.69, 9.17) is 9.97 Å². The van der Waals surface area contributed by atoms with Crippen molar-refractivity contribution in [2.24, 2.45) is 0 Å². The first-order valence-corrected chi connectivity index (χ1v) is 21.2. The molecule has 0 amide bonds. The van der Waals surface area contributed by atoms with Gasteiger partial charge in [0.2, 0.25) is 0 Å². The Labute approximate surface area is 362 Å². The van der Waals surface area contributed by atoms with Crippen LogP contribution in [0.5, 0.6) is 0 Å². The minimum absolute atomic E-state index is 0.549. The van der Waals surface area contributed by atoms with E-state index in [9.17, 15) is 0 Å². The lowest BCUT2D eigenvalue weighted by Gasteiger charge is -2.34. The summed E-state index contributed by atoms with van der Waals surface area (Å²) < 4.78 is 0. The highest BCUT2D eigenvalue weighted by Gasteiger charge is 2.46. The average molecular weight is 792 g/mol. The molecule has 0 fully saturated rings. The Hall–Kier alpha value is -8.01. The molecule has 0 saturated heterocycles. The Morgan fingerprint density at radius 1 is 0.339 bits per heavy atom. The quantitative estimate of drug-likeness (QED) is 0.154. The van der Waals surface area contributed by atoms with Crippen molar-refractivity contribution in [3.8, 4) is 78.4 Å². The summed E-state index contributed by atoms with van der Waals surface area (Å²) in [5, 5.41) is 0. The van der Waals surface area contributed by atoms with Crippen LogP contribution in [0.4, 0.5) is 0 Å². The van der Waals surface area contributed by atoms with Gasteiger partial charge in [0, 0.05) is 29.1 Å². The molecule has 8 aromatic carbocycles. The van der Waals surface area contributed by atoms with Crippen LogP contribution in [0.25, 0.3) is 78.4 Å². The summed E-state index contributed by atoms with van der Waals surface area (Å²) in [5.41, 5.74) is 19.7. The monoisotopic (exact) mass is 791 g/mol. The summed E-state index contributed by atoms with van der Waals surface area (Å²) in [6, 6.07) is 78.5. The largest absolute Gasteiger partial charge is 0.264 e. The van der Waals surface area contributed by atoms with Gasteiger partial charge in [0.05, 0.1) is 16.8 Å². The molecule has 0 atom stereocenters. The van der Waals surface area contributed by atoms with Crippen molar-refractivity contribution in [2.45, 2.75) is 12.3 Å². The Bertz CT molecular complexity index is 3190. The lowest BCUT2D eigenvalue weighted by Crippen LogP contribution is -2.28. The van der Waals surface area contributed by atoms with Crippen LogP contribution in [0, 0.1) is 6.92 Å². The number of hydrogen-bond donors (Lipinski definition) is 0. The van der Waals surface area contributed by atoms with Crippen LogP contribution in [0.1, 0.15) is 27.8 Å². The lowest BCUT2D eigenvalue weighted by molar-refractivity contribution is 0.768. The van der Waals surface area contributed by atoms with Crippen LogP contribution < -0.4 is 0 Å². The molecule has 2 aromatic heterocycles. The van der Waals surface area contributed by atoms with Gasteiger partial charge in [0.25, 0.3) is 0 Å². The van der Waals surface area contributed by atoms with E-state index in [1.807, 2.05) is 18.5 Å². The van der Waals surface area contributed by atoms with Gasteiger partial charge in [-0.25, -0.2) is 9.97 Å². The predicted octanol–water partition coefficient (Wildman–Crippen LogP) is 14.5. The molecule has 11 rings (SSSR count).